The minimum atomic E-state index is -3.26. The summed E-state index contributed by atoms with van der Waals surface area (Å²) in [5, 5.41) is 6.28. The van der Waals surface area contributed by atoms with E-state index in [1.165, 1.54) is 24.3 Å². The molecule has 1 amide bonds. The molecule has 0 radical (unpaired) electrons. The van der Waals surface area contributed by atoms with Gasteiger partial charge in [-0.2, -0.15) is 0 Å². The Labute approximate surface area is 116 Å². The first-order chi connectivity index (χ1) is 9.40. The van der Waals surface area contributed by atoms with Gasteiger partial charge in [-0.25, -0.2) is 8.42 Å². The van der Waals surface area contributed by atoms with Gasteiger partial charge >= 0.3 is 0 Å². The highest BCUT2D eigenvalue weighted by Gasteiger charge is 2.11. The van der Waals surface area contributed by atoms with Crippen LogP contribution in [0, 0.1) is 0 Å². The molecule has 1 aromatic heterocycles. The van der Waals surface area contributed by atoms with Gasteiger partial charge in [0.25, 0.3) is 5.91 Å². The molecular formula is C13H14N2O4S. The number of aromatic nitrogens is 1. The van der Waals surface area contributed by atoms with Crippen LogP contribution in [-0.2, 0) is 16.3 Å². The minimum Gasteiger partial charge on any atom is -0.359 e. The second-order valence-corrected chi connectivity index (χ2v) is 6.30. The molecule has 0 aliphatic rings. The van der Waals surface area contributed by atoms with Gasteiger partial charge in [-0.15, -0.1) is 0 Å². The number of benzene rings is 1. The Hall–Kier alpha value is -2.15. The van der Waals surface area contributed by atoms with Crippen LogP contribution in [-0.4, -0.2) is 25.7 Å². The van der Waals surface area contributed by atoms with Gasteiger partial charge in [0, 0.05) is 24.3 Å². The number of rotatable bonds is 4. The van der Waals surface area contributed by atoms with Crippen molar-refractivity contribution in [3.05, 3.63) is 41.7 Å². The van der Waals surface area contributed by atoms with E-state index in [9.17, 15) is 13.2 Å². The Kier molecular flexibility index (Phi) is 3.89. The number of carbonyl (C=O) groups is 1. The summed E-state index contributed by atoms with van der Waals surface area (Å²) in [4.78, 5) is 12.1. The zero-order valence-electron chi connectivity index (χ0n) is 11.1. The maximum atomic E-state index is 11.9. The monoisotopic (exact) mass is 294 g/mol. The molecule has 0 spiro atoms. The van der Waals surface area contributed by atoms with Crippen LogP contribution in [0.5, 0.6) is 0 Å². The van der Waals surface area contributed by atoms with E-state index in [1.54, 1.807) is 6.07 Å². The maximum absolute atomic E-state index is 11.9. The number of hydrogen-bond donors (Lipinski definition) is 1. The predicted molar refractivity (Wildman–Crippen MR) is 73.4 cm³/mol. The third-order valence-electron chi connectivity index (χ3n) is 2.69. The molecule has 0 bridgehead atoms. The number of nitrogens with zero attached hydrogens (tertiary/aromatic N) is 1. The summed E-state index contributed by atoms with van der Waals surface area (Å²) in [5.74, 6) is 0.632. The van der Waals surface area contributed by atoms with Crippen LogP contribution in [0.1, 0.15) is 23.0 Å². The summed E-state index contributed by atoms with van der Waals surface area (Å²) >= 11 is 0. The first-order valence-corrected chi connectivity index (χ1v) is 7.86. The standard InChI is InChI=1S/C13H14N2O4S/c1-3-10-8-12(15-19-10)14-13(16)9-4-6-11(7-5-9)20(2,17)18/h4-8H,3H2,1-2H3,(H,14,15,16). The Bertz CT molecular complexity index is 717. The van der Waals surface area contributed by atoms with E-state index in [1.807, 2.05) is 6.92 Å². The van der Waals surface area contributed by atoms with Crippen LogP contribution in [0.3, 0.4) is 0 Å². The van der Waals surface area contributed by atoms with Gasteiger partial charge in [0.15, 0.2) is 15.7 Å². The summed E-state index contributed by atoms with van der Waals surface area (Å²) in [6, 6.07) is 7.33. The van der Waals surface area contributed by atoms with E-state index in [0.29, 0.717) is 23.6 Å². The Balaban J connectivity index is 2.13. The topological polar surface area (TPSA) is 89.3 Å². The van der Waals surface area contributed by atoms with Crippen LogP contribution in [0.15, 0.2) is 39.8 Å². The van der Waals surface area contributed by atoms with Crippen molar-refractivity contribution in [2.75, 3.05) is 11.6 Å². The van der Waals surface area contributed by atoms with Crippen molar-refractivity contribution in [3.8, 4) is 0 Å². The van der Waals surface area contributed by atoms with Gasteiger partial charge in [0.2, 0.25) is 0 Å². The number of amides is 1. The van der Waals surface area contributed by atoms with Crippen LogP contribution < -0.4 is 5.32 Å². The van der Waals surface area contributed by atoms with Gasteiger partial charge in [0.05, 0.1) is 4.90 Å². The lowest BCUT2D eigenvalue weighted by Gasteiger charge is -2.02. The molecule has 1 N–H and O–H groups in total. The summed E-state index contributed by atoms with van der Waals surface area (Å²) in [5.41, 5.74) is 0.346. The molecule has 0 fully saturated rings. The minimum absolute atomic E-state index is 0.170. The first-order valence-electron chi connectivity index (χ1n) is 5.97. The summed E-state index contributed by atoms with van der Waals surface area (Å²) in [6.45, 7) is 1.91. The zero-order chi connectivity index (χ0) is 14.8. The largest absolute Gasteiger partial charge is 0.359 e. The SMILES string of the molecule is CCc1cc(NC(=O)c2ccc(S(C)(=O)=O)cc2)no1. The molecule has 1 aromatic carbocycles. The fourth-order valence-electron chi connectivity index (χ4n) is 1.58. The molecule has 6 nitrogen and oxygen atoms in total. The van der Waals surface area contributed by atoms with Crippen molar-refractivity contribution >= 4 is 21.6 Å². The number of aryl methyl sites for hydroxylation is 1. The van der Waals surface area contributed by atoms with Crippen molar-refractivity contribution < 1.29 is 17.7 Å². The molecule has 1 heterocycles. The third-order valence-corrected chi connectivity index (χ3v) is 3.82. The number of hydrogen-bond acceptors (Lipinski definition) is 5. The smallest absolute Gasteiger partial charge is 0.256 e. The Morgan fingerprint density at radius 2 is 1.95 bits per heavy atom. The molecule has 20 heavy (non-hydrogen) atoms. The predicted octanol–water partition coefficient (Wildman–Crippen LogP) is 1.89. The molecule has 0 saturated carbocycles. The van der Waals surface area contributed by atoms with E-state index < -0.39 is 9.84 Å². The molecular weight excluding hydrogens is 280 g/mol. The Morgan fingerprint density at radius 1 is 1.30 bits per heavy atom. The van der Waals surface area contributed by atoms with Crippen LogP contribution in [0.4, 0.5) is 5.82 Å². The normalized spacial score (nSPS) is 11.3. The summed E-state index contributed by atoms with van der Waals surface area (Å²) < 4.78 is 27.6. The fourth-order valence-corrected chi connectivity index (χ4v) is 2.21. The van der Waals surface area contributed by atoms with E-state index in [4.69, 9.17) is 4.52 Å². The number of anilines is 1. The number of sulfone groups is 1. The second-order valence-electron chi connectivity index (χ2n) is 4.28. The highest BCUT2D eigenvalue weighted by atomic mass is 32.2. The fraction of sp³-hybridized carbons (Fsp3) is 0.231. The summed E-state index contributed by atoms with van der Waals surface area (Å²) in [6.07, 6.45) is 1.80. The van der Waals surface area contributed by atoms with Crippen molar-refractivity contribution in [2.45, 2.75) is 18.2 Å². The van der Waals surface area contributed by atoms with Crippen LogP contribution >= 0.6 is 0 Å². The Morgan fingerprint density at radius 3 is 2.45 bits per heavy atom. The van der Waals surface area contributed by atoms with Gasteiger partial charge in [0.1, 0.15) is 5.76 Å². The third kappa shape index (κ3) is 3.24. The van der Waals surface area contributed by atoms with E-state index >= 15 is 0 Å². The van der Waals surface area contributed by atoms with Crippen LogP contribution in [0.2, 0.25) is 0 Å². The van der Waals surface area contributed by atoms with E-state index in [0.717, 1.165) is 6.26 Å². The van der Waals surface area contributed by atoms with Crippen molar-refractivity contribution in [2.24, 2.45) is 0 Å². The van der Waals surface area contributed by atoms with Crippen molar-refractivity contribution in [1.82, 2.24) is 5.16 Å². The molecule has 0 aliphatic heterocycles. The van der Waals surface area contributed by atoms with Gasteiger partial charge in [-0.1, -0.05) is 12.1 Å². The van der Waals surface area contributed by atoms with Gasteiger partial charge < -0.3 is 9.84 Å². The molecule has 7 heteroatoms. The lowest BCUT2D eigenvalue weighted by Crippen LogP contribution is -2.12. The summed E-state index contributed by atoms with van der Waals surface area (Å²) in [7, 11) is -3.26. The molecule has 0 unspecified atom stereocenters. The van der Waals surface area contributed by atoms with Crippen molar-refractivity contribution in [3.63, 3.8) is 0 Å². The van der Waals surface area contributed by atoms with Gasteiger partial charge in [-0.05, 0) is 24.3 Å². The molecule has 2 aromatic rings. The second kappa shape index (κ2) is 5.46. The maximum Gasteiger partial charge on any atom is 0.256 e. The lowest BCUT2D eigenvalue weighted by atomic mass is 10.2. The number of carbonyl (C=O) groups excluding carboxylic acids is 1. The van der Waals surface area contributed by atoms with Gasteiger partial charge in [-0.3, -0.25) is 4.79 Å². The molecule has 0 atom stereocenters. The van der Waals surface area contributed by atoms with E-state index in [2.05, 4.69) is 10.5 Å². The average Bonchev–Trinajstić information content (AvgIpc) is 2.85. The molecule has 0 aliphatic carbocycles. The van der Waals surface area contributed by atoms with Crippen molar-refractivity contribution in [1.29, 1.82) is 0 Å². The molecule has 0 saturated heterocycles. The number of nitrogens with one attached hydrogen (secondary N) is 1. The molecule has 2 rings (SSSR count). The lowest BCUT2D eigenvalue weighted by molar-refractivity contribution is 0.102. The highest BCUT2D eigenvalue weighted by molar-refractivity contribution is 7.90. The molecule has 106 valence electrons. The van der Waals surface area contributed by atoms with E-state index in [-0.39, 0.29) is 10.8 Å². The average molecular weight is 294 g/mol. The highest BCUT2D eigenvalue weighted by Crippen LogP contribution is 2.13. The quantitative estimate of drug-likeness (QED) is 0.930. The zero-order valence-corrected chi connectivity index (χ0v) is 11.9. The van der Waals surface area contributed by atoms with Crippen LogP contribution in [0.25, 0.3) is 0 Å². The first kappa shape index (κ1) is 14.3.